The molecule has 2 aliphatic rings. The van der Waals surface area contributed by atoms with Crippen molar-refractivity contribution in [2.45, 2.75) is 38.6 Å². The zero-order valence-electron chi connectivity index (χ0n) is 20.5. The van der Waals surface area contributed by atoms with Crippen LogP contribution in [0.1, 0.15) is 58.8 Å². The number of hydrogen-bond donors (Lipinski definition) is 2. The predicted octanol–water partition coefficient (Wildman–Crippen LogP) is 3.71. The molecule has 0 saturated carbocycles. The van der Waals surface area contributed by atoms with Crippen molar-refractivity contribution in [2.24, 2.45) is 0 Å². The first-order valence-electron chi connectivity index (χ1n) is 12.2. The molecule has 2 saturated heterocycles. The van der Waals surface area contributed by atoms with Gasteiger partial charge in [-0.3, -0.25) is 4.79 Å². The smallest absolute Gasteiger partial charge is 0.252 e. The number of anilines is 1. The molecule has 0 aromatic heterocycles. The zero-order valence-corrected chi connectivity index (χ0v) is 20.5. The van der Waals surface area contributed by atoms with Crippen molar-refractivity contribution in [3.05, 3.63) is 58.7 Å². The molecule has 2 aromatic rings. The quantitative estimate of drug-likeness (QED) is 0.703. The number of carbonyl (C=O) groups is 1. The molecule has 1 atom stereocenters. The molecule has 1 amide bonds. The maximum Gasteiger partial charge on any atom is 0.252 e. The van der Waals surface area contributed by atoms with E-state index in [-0.39, 0.29) is 11.9 Å². The molecule has 2 aromatic carbocycles. The number of nitrogens with zero attached hydrogens (tertiary/aromatic N) is 2. The molecule has 6 heteroatoms. The summed E-state index contributed by atoms with van der Waals surface area (Å²) in [5.41, 5.74) is 5.26. The second-order valence-corrected chi connectivity index (χ2v) is 9.51. The van der Waals surface area contributed by atoms with Gasteiger partial charge in [-0.15, -0.1) is 0 Å². The number of nitrogens with one attached hydrogen (secondary N) is 2. The van der Waals surface area contributed by atoms with Crippen molar-refractivity contribution in [2.75, 3.05) is 58.3 Å². The molecule has 2 aliphatic heterocycles. The molecule has 178 valence electrons. The Morgan fingerprint density at radius 2 is 1.82 bits per heavy atom. The fourth-order valence-corrected chi connectivity index (χ4v) is 4.95. The van der Waals surface area contributed by atoms with Crippen LogP contribution in [0.15, 0.2) is 36.4 Å². The van der Waals surface area contributed by atoms with Gasteiger partial charge in [-0.1, -0.05) is 12.1 Å². The average Bonchev–Trinajstić information content (AvgIpc) is 2.85. The lowest BCUT2D eigenvalue weighted by atomic mass is 9.88. The van der Waals surface area contributed by atoms with Gasteiger partial charge >= 0.3 is 0 Å². The average molecular weight is 451 g/mol. The first kappa shape index (κ1) is 23.6. The summed E-state index contributed by atoms with van der Waals surface area (Å²) in [7, 11) is 3.89. The summed E-state index contributed by atoms with van der Waals surface area (Å²) in [6.07, 6.45) is 2.22. The number of aryl methyl sites for hydroxylation is 1. The van der Waals surface area contributed by atoms with E-state index in [1.807, 2.05) is 6.92 Å². The lowest BCUT2D eigenvalue weighted by Crippen LogP contribution is -2.44. The summed E-state index contributed by atoms with van der Waals surface area (Å²) in [5, 5.41) is 6.67. The van der Waals surface area contributed by atoms with Crippen LogP contribution in [0.2, 0.25) is 0 Å². The number of carbonyl (C=O) groups excluding carboxylic acids is 1. The Bertz CT molecular complexity index is 963. The van der Waals surface area contributed by atoms with Crippen molar-refractivity contribution in [1.29, 1.82) is 0 Å². The summed E-state index contributed by atoms with van der Waals surface area (Å²) in [5.74, 6) is 1.42. The van der Waals surface area contributed by atoms with Crippen molar-refractivity contribution < 1.29 is 9.53 Å². The van der Waals surface area contributed by atoms with E-state index in [1.165, 1.54) is 5.56 Å². The topological polar surface area (TPSA) is 56.8 Å². The molecule has 1 unspecified atom stereocenters. The van der Waals surface area contributed by atoms with Crippen molar-refractivity contribution >= 4 is 11.6 Å². The van der Waals surface area contributed by atoms with Crippen LogP contribution in [0, 0.1) is 6.92 Å². The summed E-state index contributed by atoms with van der Waals surface area (Å²) in [6, 6.07) is 12.5. The Labute approximate surface area is 198 Å². The van der Waals surface area contributed by atoms with Gasteiger partial charge in [0.25, 0.3) is 5.91 Å². The van der Waals surface area contributed by atoms with Crippen molar-refractivity contribution in [1.82, 2.24) is 15.5 Å². The normalized spacial score (nSPS) is 18.7. The minimum Gasteiger partial charge on any atom is -0.496 e. The highest BCUT2D eigenvalue weighted by molar-refractivity contribution is 5.96. The fourth-order valence-electron chi connectivity index (χ4n) is 4.95. The number of piperidine rings is 1. The third kappa shape index (κ3) is 5.50. The van der Waals surface area contributed by atoms with Crippen LogP contribution in [0.3, 0.4) is 0 Å². The summed E-state index contributed by atoms with van der Waals surface area (Å²) >= 11 is 0. The molecular formula is C27H38N4O2. The summed E-state index contributed by atoms with van der Waals surface area (Å²) < 4.78 is 5.66. The number of hydrogen-bond acceptors (Lipinski definition) is 5. The van der Waals surface area contributed by atoms with Gasteiger partial charge < -0.3 is 25.2 Å². The first-order valence-corrected chi connectivity index (χ1v) is 12.2. The van der Waals surface area contributed by atoms with Gasteiger partial charge in [-0.2, -0.15) is 0 Å². The maximum absolute atomic E-state index is 13.3. The van der Waals surface area contributed by atoms with Crippen LogP contribution in [-0.4, -0.2) is 64.2 Å². The van der Waals surface area contributed by atoms with E-state index >= 15 is 0 Å². The lowest BCUT2D eigenvalue weighted by Gasteiger charge is -2.34. The van der Waals surface area contributed by atoms with E-state index in [1.54, 1.807) is 7.11 Å². The van der Waals surface area contributed by atoms with Gasteiger partial charge in [0.15, 0.2) is 0 Å². The largest absolute Gasteiger partial charge is 0.496 e. The zero-order chi connectivity index (χ0) is 23.4. The fraction of sp³-hybridized carbons (Fsp3) is 0.519. The Kier molecular flexibility index (Phi) is 7.56. The molecule has 2 fully saturated rings. The van der Waals surface area contributed by atoms with E-state index in [4.69, 9.17) is 4.74 Å². The Balaban J connectivity index is 1.50. The number of amides is 1. The van der Waals surface area contributed by atoms with Crippen LogP contribution in [0.5, 0.6) is 5.75 Å². The Morgan fingerprint density at radius 3 is 2.52 bits per heavy atom. The molecule has 2 heterocycles. The minimum absolute atomic E-state index is 0.0183. The number of piperazine rings is 1. The van der Waals surface area contributed by atoms with Crippen LogP contribution in [0.25, 0.3) is 0 Å². The molecule has 4 rings (SSSR count). The molecule has 2 N–H and O–H groups in total. The molecule has 6 nitrogen and oxygen atoms in total. The number of ether oxygens (including phenoxy) is 1. The van der Waals surface area contributed by atoms with Crippen molar-refractivity contribution in [3.63, 3.8) is 0 Å². The van der Waals surface area contributed by atoms with Crippen LogP contribution < -0.4 is 20.3 Å². The SMILES string of the molecule is COc1ccc(C(C)NC(=O)c2cc(N3CCN(C)CC3)ccc2C)cc1C1CCNCC1. The molecule has 0 spiro atoms. The van der Waals surface area contributed by atoms with Gasteiger partial charge in [0.2, 0.25) is 0 Å². The van der Waals surface area contributed by atoms with Crippen LogP contribution in [0.4, 0.5) is 5.69 Å². The number of likely N-dealkylation sites (N-methyl/N-ethyl adjacent to an activating group) is 1. The minimum atomic E-state index is -0.0874. The molecule has 0 aliphatic carbocycles. The van der Waals surface area contributed by atoms with E-state index in [0.717, 1.165) is 80.2 Å². The first-order chi connectivity index (χ1) is 16.0. The number of rotatable bonds is 6. The number of benzene rings is 2. The maximum atomic E-state index is 13.3. The highest BCUT2D eigenvalue weighted by atomic mass is 16.5. The lowest BCUT2D eigenvalue weighted by molar-refractivity contribution is 0.0939. The van der Waals surface area contributed by atoms with Crippen LogP contribution >= 0.6 is 0 Å². The second kappa shape index (κ2) is 10.6. The summed E-state index contributed by atoms with van der Waals surface area (Å²) in [6.45, 7) is 10.2. The van der Waals surface area contributed by atoms with E-state index in [9.17, 15) is 4.79 Å². The highest BCUT2D eigenvalue weighted by Crippen LogP contribution is 2.34. The van der Waals surface area contributed by atoms with Crippen LogP contribution in [-0.2, 0) is 0 Å². The van der Waals surface area contributed by atoms with Gasteiger partial charge in [0, 0.05) is 37.4 Å². The third-order valence-corrected chi connectivity index (χ3v) is 7.21. The van der Waals surface area contributed by atoms with Gasteiger partial charge in [-0.05, 0) is 93.7 Å². The number of methoxy groups -OCH3 is 1. The monoisotopic (exact) mass is 450 g/mol. The standard InChI is InChI=1S/C27H38N4O2/c1-19-5-7-23(31-15-13-30(3)14-16-31)18-24(19)27(32)29-20(2)22-6-8-26(33-4)25(17-22)21-9-11-28-12-10-21/h5-8,17-18,20-21,28H,9-16H2,1-4H3,(H,29,32). The molecule has 0 bridgehead atoms. The van der Waals surface area contributed by atoms with Gasteiger partial charge in [-0.25, -0.2) is 0 Å². The molecule has 33 heavy (non-hydrogen) atoms. The van der Waals surface area contributed by atoms with E-state index < -0.39 is 0 Å². The highest BCUT2D eigenvalue weighted by Gasteiger charge is 2.22. The predicted molar refractivity (Wildman–Crippen MR) is 135 cm³/mol. The van der Waals surface area contributed by atoms with Crippen molar-refractivity contribution in [3.8, 4) is 5.75 Å². The molecule has 0 radical (unpaired) electrons. The third-order valence-electron chi connectivity index (χ3n) is 7.21. The second-order valence-electron chi connectivity index (χ2n) is 9.51. The Hall–Kier alpha value is -2.57. The summed E-state index contributed by atoms with van der Waals surface area (Å²) in [4.78, 5) is 18.0. The van der Waals surface area contributed by atoms with Gasteiger partial charge in [0.1, 0.15) is 5.75 Å². The Morgan fingerprint density at radius 1 is 1.09 bits per heavy atom. The molecular weight excluding hydrogens is 412 g/mol. The van der Waals surface area contributed by atoms with E-state index in [0.29, 0.717) is 5.92 Å². The van der Waals surface area contributed by atoms with E-state index in [2.05, 4.69) is 70.8 Å². The van der Waals surface area contributed by atoms with Gasteiger partial charge in [0.05, 0.1) is 13.2 Å².